The fourth-order valence-electron chi connectivity index (χ4n) is 1.52. The third-order valence-electron chi connectivity index (χ3n) is 2.36. The van der Waals surface area contributed by atoms with Crippen molar-refractivity contribution < 1.29 is 0 Å². The Morgan fingerprint density at radius 3 is 2.33 bits per heavy atom. The van der Waals surface area contributed by atoms with E-state index < -0.39 is 0 Å². The highest BCUT2D eigenvalue weighted by molar-refractivity contribution is 5.43. The number of nitrogens with one attached hydrogen (secondary N) is 1. The van der Waals surface area contributed by atoms with Crippen molar-refractivity contribution in [1.29, 1.82) is 0 Å². The average molecular weight is 198 g/mol. The van der Waals surface area contributed by atoms with E-state index in [1.165, 1.54) is 5.56 Å². The summed E-state index contributed by atoms with van der Waals surface area (Å²) in [6, 6.07) is 14.6. The molecule has 15 heavy (non-hydrogen) atoms. The number of rotatable bonds is 3. The van der Waals surface area contributed by atoms with Crippen molar-refractivity contribution in [3.63, 3.8) is 0 Å². The van der Waals surface area contributed by atoms with Crippen LogP contribution in [0.25, 0.3) is 0 Å². The van der Waals surface area contributed by atoms with Crippen molar-refractivity contribution >= 4 is 5.69 Å². The molecule has 2 nitrogen and oxygen atoms in total. The molecule has 1 N–H and O–H groups in total. The Balaban J connectivity index is 2.08. The van der Waals surface area contributed by atoms with Gasteiger partial charge in [-0.15, -0.1) is 0 Å². The highest BCUT2D eigenvalue weighted by atomic mass is 14.9. The lowest BCUT2D eigenvalue weighted by atomic mass is 10.1. The number of nitrogens with zero attached hydrogens (tertiary/aromatic N) is 1. The van der Waals surface area contributed by atoms with Crippen molar-refractivity contribution in [2.24, 2.45) is 0 Å². The topological polar surface area (TPSA) is 24.9 Å². The number of hydrogen-bond acceptors (Lipinski definition) is 2. The molecule has 0 bridgehead atoms. The Morgan fingerprint density at radius 1 is 1.00 bits per heavy atom. The zero-order chi connectivity index (χ0) is 10.5. The van der Waals surface area contributed by atoms with Crippen LogP contribution in [0.15, 0.2) is 54.9 Å². The Labute approximate surface area is 90.0 Å². The number of hydrogen-bond donors (Lipinski definition) is 1. The third kappa shape index (κ3) is 2.56. The van der Waals surface area contributed by atoms with Crippen LogP contribution in [0.3, 0.4) is 0 Å². The Bertz CT molecular complexity index is 397. The maximum absolute atomic E-state index is 3.99. The summed E-state index contributed by atoms with van der Waals surface area (Å²) >= 11 is 0. The summed E-state index contributed by atoms with van der Waals surface area (Å²) < 4.78 is 0. The molecule has 0 amide bonds. The van der Waals surface area contributed by atoms with Crippen LogP contribution in [0.5, 0.6) is 0 Å². The van der Waals surface area contributed by atoms with E-state index in [-0.39, 0.29) is 0 Å². The van der Waals surface area contributed by atoms with Gasteiger partial charge in [0.05, 0.1) is 0 Å². The van der Waals surface area contributed by atoms with Gasteiger partial charge in [-0.05, 0) is 24.6 Å². The van der Waals surface area contributed by atoms with Gasteiger partial charge in [-0.25, -0.2) is 0 Å². The molecule has 1 aromatic heterocycles. The zero-order valence-electron chi connectivity index (χ0n) is 8.72. The van der Waals surface area contributed by atoms with Crippen molar-refractivity contribution in [1.82, 2.24) is 4.98 Å². The van der Waals surface area contributed by atoms with Crippen molar-refractivity contribution in [2.75, 3.05) is 5.32 Å². The van der Waals surface area contributed by atoms with Crippen molar-refractivity contribution in [2.45, 2.75) is 13.0 Å². The minimum atomic E-state index is 0.314. The van der Waals surface area contributed by atoms with Gasteiger partial charge in [0, 0.05) is 24.1 Å². The van der Waals surface area contributed by atoms with Gasteiger partial charge < -0.3 is 5.32 Å². The fraction of sp³-hybridized carbons (Fsp3) is 0.154. The Morgan fingerprint density at radius 2 is 1.67 bits per heavy atom. The van der Waals surface area contributed by atoms with Crippen molar-refractivity contribution in [3.8, 4) is 0 Å². The SMILES string of the molecule is C[C@@H](Nc1ccncc1)c1ccccc1. The van der Waals surface area contributed by atoms with E-state index in [0.717, 1.165) is 5.69 Å². The van der Waals surface area contributed by atoms with Gasteiger partial charge in [0.2, 0.25) is 0 Å². The van der Waals surface area contributed by atoms with E-state index >= 15 is 0 Å². The average Bonchev–Trinajstić information content (AvgIpc) is 2.31. The first-order valence-electron chi connectivity index (χ1n) is 5.08. The smallest absolute Gasteiger partial charge is 0.0485 e. The van der Waals surface area contributed by atoms with Gasteiger partial charge in [-0.2, -0.15) is 0 Å². The molecule has 0 spiro atoms. The molecule has 0 aliphatic heterocycles. The lowest BCUT2D eigenvalue weighted by molar-refractivity contribution is 0.884. The van der Waals surface area contributed by atoms with E-state index in [1.807, 2.05) is 18.2 Å². The summed E-state index contributed by atoms with van der Waals surface area (Å²) in [5.41, 5.74) is 2.38. The molecule has 0 aliphatic rings. The molecule has 2 rings (SSSR count). The predicted octanol–water partition coefficient (Wildman–Crippen LogP) is 3.25. The van der Waals surface area contributed by atoms with Gasteiger partial charge in [0.1, 0.15) is 0 Å². The van der Waals surface area contributed by atoms with E-state index in [9.17, 15) is 0 Å². The van der Waals surface area contributed by atoms with E-state index in [1.54, 1.807) is 12.4 Å². The highest BCUT2D eigenvalue weighted by Crippen LogP contribution is 2.17. The molecule has 0 unspecified atom stereocenters. The minimum Gasteiger partial charge on any atom is -0.378 e. The van der Waals surface area contributed by atoms with Crippen LogP contribution >= 0.6 is 0 Å². The molecule has 0 saturated carbocycles. The number of benzene rings is 1. The summed E-state index contributed by atoms with van der Waals surface area (Å²) in [4.78, 5) is 3.99. The number of aromatic nitrogens is 1. The van der Waals surface area contributed by atoms with E-state index in [0.29, 0.717) is 6.04 Å². The first-order chi connectivity index (χ1) is 7.36. The quantitative estimate of drug-likeness (QED) is 0.818. The monoisotopic (exact) mass is 198 g/mol. The number of anilines is 1. The van der Waals surface area contributed by atoms with Crippen LogP contribution in [-0.2, 0) is 0 Å². The predicted molar refractivity (Wildman–Crippen MR) is 62.7 cm³/mol. The molecule has 2 heteroatoms. The van der Waals surface area contributed by atoms with Crippen LogP contribution < -0.4 is 5.32 Å². The molecule has 0 radical (unpaired) electrons. The van der Waals surface area contributed by atoms with Crippen LogP contribution in [0.2, 0.25) is 0 Å². The van der Waals surface area contributed by atoms with Crippen molar-refractivity contribution in [3.05, 3.63) is 60.4 Å². The Kier molecular flexibility index (Phi) is 2.98. The number of pyridine rings is 1. The van der Waals surface area contributed by atoms with Gasteiger partial charge in [-0.1, -0.05) is 30.3 Å². The first kappa shape index (κ1) is 9.71. The normalized spacial score (nSPS) is 12.1. The fourth-order valence-corrected chi connectivity index (χ4v) is 1.52. The molecule has 0 fully saturated rings. The molecule has 1 aromatic carbocycles. The standard InChI is InChI=1S/C13H14N2/c1-11(12-5-3-2-4-6-12)15-13-7-9-14-10-8-13/h2-11H,1H3,(H,14,15)/t11-/m1/s1. The molecule has 1 atom stereocenters. The summed E-state index contributed by atoms with van der Waals surface area (Å²) in [7, 11) is 0. The summed E-state index contributed by atoms with van der Waals surface area (Å²) in [6.45, 7) is 2.15. The second-order valence-electron chi connectivity index (χ2n) is 3.51. The maximum atomic E-state index is 3.99. The van der Waals surface area contributed by atoms with Crippen LogP contribution in [0.4, 0.5) is 5.69 Å². The van der Waals surface area contributed by atoms with Gasteiger partial charge in [-0.3, -0.25) is 4.98 Å². The minimum absolute atomic E-state index is 0.314. The van der Waals surface area contributed by atoms with Crippen LogP contribution in [0, 0.1) is 0 Å². The first-order valence-corrected chi connectivity index (χ1v) is 5.08. The van der Waals surface area contributed by atoms with Crippen LogP contribution in [0.1, 0.15) is 18.5 Å². The molecular weight excluding hydrogens is 184 g/mol. The molecule has 2 aromatic rings. The highest BCUT2D eigenvalue weighted by Gasteiger charge is 2.03. The second kappa shape index (κ2) is 4.60. The Hall–Kier alpha value is -1.83. The lowest BCUT2D eigenvalue weighted by Gasteiger charge is -2.15. The molecular formula is C13H14N2. The summed E-state index contributed by atoms with van der Waals surface area (Å²) in [5.74, 6) is 0. The second-order valence-corrected chi connectivity index (χ2v) is 3.51. The summed E-state index contributed by atoms with van der Waals surface area (Å²) in [5, 5.41) is 3.42. The molecule has 0 saturated heterocycles. The van der Waals surface area contributed by atoms with E-state index in [2.05, 4.69) is 41.5 Å². The zero-order valence-corrected chi connectivity index (χ0v) is 8.72. The van der Waals surface area contributed by atoms with Gasteiger partial charge >= 0.3 is 0 Å². The van der Waals surface area contributed by atoms with Crippen LogP contribution in [-0.4, -0.2) is 4.98 Å². The van der Waals surface area contributed by atoms with Gasteiger partial charge in [0.15, 0.2) is 0 Å². The molecule has 76 valence electrons. The summed E-state index contributed by atoms with van der Waals surface area (Å²) in [6.07, 6.45) is 3.58. The maximum Gasteiger partial charge on any atom is 0.0485 e. The lowest BCUT2D eigenvalue weighted by Crippen LogP contribution is -2.06. The van der Waals surface area contributed by atoms with E-state index in [4.69, 9.17) is 0 Å². The third-order valence-corrected chi connectivity index (χ3v) is 2.36. The molecule has 0 aliphatic carbocycles. The van der Waals surface area contributed by atoms with Gasteiger partial charge in [0.25, 0.3) is 0 Å². The molecule has 1 heterocycles. The largest absolute Gasteiger partial charge is 0.378 e.